The van der Waals surface area contributed by atoms with E-state index < -0.39 is 11.5 Å². The third-order valence-electron chi connectivity index (χ3n) is 3.06. The molecule has 4 heteroatoms. The summed E-state index contributed by atoms with van der Waals surface area (Å²) in [6, 6.07) is 9.76. The van der Waals surface area contributed by atoms with E-state index in [0.29, 0.717) is 13.0 Å². The number of carbonyl (C=O) groups is 1. The normalized spacial score (nSPS) is 14.1. The Labute approximate surface area is 108 Å². The van der Waals surface area contributed by atoms with E-state index in [1.165, 1.54) is 0 Å². The number of hydrogen-bond donors (Lipinski definition) is 3. The monoisotopic (exact) mass is 251 g/mol. The van der Waals surface area contributed by atoms with Crippen molar-refractivity contribution in [3.05, 3.63) is 35.9 Å². The lowest BCUT2D eigenvalue weighted by atomic mass is 9.93. The molecular weight excluding hydrogens is 230 g/mol. The molecule has 0 spiro atoms. The maximum absolute atomic E-state index is 10.4. The van der Waals surface area contributed by atoms with Crippen LogP contribution in [0.15, 0.2) is 30.3 Å². The molecule has 0 amide bonds. The van der Waals surface area contributed by atoms with Crippen molar-refractivity contribution in [3.8, 4) is 0 Å². The van der Waals surface area contributed by atoms with Crippen molar-refractivity contribution in [3.63, 3.8) is 0 Å². The van der Waals surface area contributed by atoms with Gasteiger partial charge in [-0.15, -0.1) is 0 Å². The SMILES string of the molecule is CC(CO)(NCCCCC(=O)O)c1ccccc1. The first-order chi connectivity index (χ1) is 8.58. The summed E-state index contributed by atoms with van der Waals surface area (Å²) in [5, 5.41) is 21.4. The van der Waals surface area contributed by atoms with Crippen LogP contribution < -0.4 is 5.32 Å². The highest BCUT2D eigenvalue weighted by molar-refractivity contribution is 5.66. The highest BCUT2D eigenvalue weighted by atomic mass is 16.4. The number of rotatable bonds is 8. The molecule has 1 unspecified atom stereocenters. The molecule has 1 atom stereocenters. The van der Waals surface area contributed by atoms with Crippen molar-refractivity contribution in [1.82, 2.24) is 5.32 Å². The van der Waals surface area contributed by atoms with Gasteiger partial charge in [0.1, 0.15) is 0 Å². The van der Waals surface area contributed by atoms with E-state index in [2.05, 4.69) is 5.32 Å². The second kappa shape index (κ2) is 7.13. The van der Waals surface area contributed by atoms with Gasteiger partial charge in [-0.05, 0) is 31.9 Å². The molecule has 0 heterocycles. The number of nitrogens with one attached hydrogen (secondary N) is 1. The minimum atomic E-state index is -0.761. The molecule has 0 aliphatic carbocycles. The third-order valence-corrected chi connectivity index (χ3v) is 3.06. The number of aliphatic hydroxyl groups is 1. The molecule has 1 aromatic carbocycles. The summed E-state index contributed by atoms with van der Waals surface area (Å²) in [6.45, 7) is 2.65. The smallest absolute Gasteiger partial charge is 0.303 e. The summed E-state index contributed by atoms with van der Waals surface area (Å²) in [5.74, 6) is -0.761. The molecule has 0 aliphatic rings. The van der Waals surface area contributed by atoms with Gasteiger partial charge in [-0.2, -0.15) is 0 Å². The summed E-state index contributed by atoms with van der Waals surface area (Å²) < 4.78 is 0. The van der Waals surface area contributed by atoms with Gasteiger partial charge in [-0.25, -0.2) is 0 Å². The van der Waals surface area contributed by atoms with E-state index in [4.69, 9.17) is 5.11 Å². The van der Waals surface area contributed by atoms with Crippen molar-refractivity contribution in [2.45, 2.75) is 31.7 Å². The van der Waals surface area contributed by atoms with Crippen LogP contribution in [0.3, 0.4) is 0 Å². The highest BCUT2D eigenvalue weighted by Crippen LogP contribution is 2.19. The molecule has 4 nitrogen and oxygen atoms in total. The fourth-order valence-electron chi connectivity index (χ4n) is 1.82. The van der Waals surface area contributed by atoms with Gasteiger partial charge in [0.2, 0.25) is 0 Å². The maximum atomic E-state index is 10.4. The second-order valence-corrected chi connectivity index (χ2v) is 4.63. The Hall–Kier alpha value is -1.39. The van der Waals surface area contributed by atoms with E-state index in [-0.39, 0.29) is 13.0 Å². The Bertz CT molecular complexity index is 367. The fourth-order valence-corrected chi connectivity index (χ4v) is 1.82. The molecule has 0 aliphatic heterocycles. The molecule has 0 saturated heterocycles. The zero-order chi connectivity index (χ0) is 13.4. The molecule has 1 rings (SSSR count). The van der Waals surface area contributed by atoms with Crippen molar-refractivity contribution >= 4 is 5.97 Å². The molecular formula is C14H21NO3. The van der Waals surface area contributed by atoms with Gasteiger partial charge in [-0.3, -0.25) is 4.79 Å². The zero-order valence-corrected chi connectivity index (χ0v) is 10.7. The van der Waals surface area contributed by atoms with Crippen LogP contribution in [0.5, 0.6) is 0 Å². The number of aliphatic hydroxyl groups excluding tert-OH is 1. The summed E-state index contributed by atoms with van der Waals surface area (Å²) in [7, 11) is 0. The van der Waals surface area contributed by atoms with Crippen LogP contribution in [-0.2, 0) is 10.3 Å². The molecule has 0 bridgehead atoms. The van der Waals surface area contributed by atoms with Crippen molar-refractivity contribution in [2.24, 2.45) is 0 Å². The number of hydrogen-bond acceptors (Lipinski definition) is 3. The van der Waals surface area contributed by atoms with Crippen molar-refractivity contribution in [1.29, 1.82) is 0 Å². The molecule has 0 saturated carbocycles. The van der Waals surface area contributed by atoms with Crippen LogP contribution in [0.4, 0.5) is 0 Å². The standard InChI is InChI=1S/C14H21NO3/c1-14(11-16,12-7-3-2-4-8-12)15-10-6-5-9-13(17)18/h2-4,7-8,15-16H,5-6,9-11H2,1H3,(H,17,18). The molecule has 1 aromatic rings. The quantitative estimate of drug-likeness (QED) is 0.615. The van der Waals surface area contributed by atoms with Gasteiger partial charge < -0.3 is 15.5 Å². The van der Waals surface area contributed by atoms with Gasteiger partial charge >= 0.3 is 5.97 Å². The lowest BCUT2D eigenvalue weighted by molar-refractivity contribution is -0.137. The Morgan fingerprint density at radius 1 is 1.28 bits per heavy atom. The predicted octanol–water partition coefficient (Wildman–Crippen LogP) is 1.74. The summed E-state index contributed by atoms with van der Waals surface area (Å²) >= 11 is 0. The molecule has 18 heavy (non-hydrogen) atoms. The van der Waals surface area contributed by atoms with E-state index in [1.54, 1.807) is 0 Å². The van der Waals surface area contributed by atoms with Gasteiger partial charge in [0, 0.05) is 6.42 Å². The lowest BCUT2D eigenvalue weighted by Crippen LogP contribution is -2.43. The average molecular weight is 251 g/mol. The first kappa shape index (κ1) is 14.7. The Balaban J connectivity index is 2.44. The van der Waals surface area contributed by atoms with Crippen molar-refractivity contribution in [2.75, 3.05) is 13.2 Å². The Morgan fingerprint density at radius 2 is 1.94 bits per heavy atom. The van der Waals surface area contributed by atoms with E-state index in [0.717, 1.165) is 12.0 Å². The molecule has 100 valence electrons. The summed E-state index contributed by atoms with van der Waals surface area (Å²) in [4.78, 5) is 10.4. The largest absolute Gasteiger partial charge is 0.481 e. The number of carboxylic acid groups (broad SMARTS) is 1. The van der Waals surface area contributed by atoms with Crippen LogP contribution in [0.2, 0.25) is 0 Å². The number of carboxylic acids is 1. The van der Waals surface area contributed by atoms with Gasteiger partial charge in [0.15, 0.2) is 0 Å². The van der Waals surface area contributed by atoms with E-state index in [9.17, 15) is 9.90 Å². The Morgan fingerprint density at radius 3 is 2.50 bits per heavy atom. The number of aliphatic carboxylic acids is 1. The second-order valence-electron chi connectivity index (χ2n) is 4.63. The van der Waals surface area contributed by atoms with Gasteiger partial charge in [0.05, 0.1) is 12.1 Å². The molecule has 0 radical (unpaired) electrons. The molecule has 0 aromatic heterocycles. The van der Waals surface area contributed by atoms with Gasteiger partial charge in [0.25, 0.3) is 0 Å². The summed E-state index contributed by atoms with van der Waals surface area (Å²) in [6.07, 6.45) is 1.64. The Kier molecular flexibility index (Phi) is 5.82. The van der Waals surface area contributed by atoms with Crippen molar-refractivity contribution < 1.29 is 15.0 Å². The lowest BCUT2D eigenvalue weighted by Gasteiger charge is -2.29. The minimum Gasteiger partial charge on any atom is -0.481 e. The predicted molar refractivity (Wildman–Crippen MR) is 70.4 cm³/mol. The number of unbranched alkanes of at least 4 members (excludes halogenated alkanes) is 1. The zero-order valence-electron chi connectivity index (χ0n) is 10.7. The molecule has 3 N–H and O–H groups in total. The minimum absolute atomic E-state index is 0.00986. The number of benzene rings is 1. The van der Waals surface area contributed by atoms with Crippen LogP contribution in [0.25, 0.3) is 0 Å². The topological polar surface area (TPSA) is 69.6 Å². The first-order valence-corrected chi connectivity index (χ1v) is 6.22. The van der Waals surface area contributed by atoms with E-state index >= 15 is 0 Å². The van der Waals surface area contributed by atoms with Crippen LogP contribution >= 0.6 is 0 Å². The maximum Gasteiger partial charge on any atom is 0.303 e. The van der Waals surface area contributed by atoms with Crippen LogP contribution in [0, 0.1) is 0 Å². The highest BCUT2D eigenvalue weighted by Gasteiger charge is 2.24. The summed E-state index contributed by atoms with van der Waals surface area (Å²) in [5.41, 5.74) is 0.565. The van der Waals surface area contributed by atoms with E-state index in [1.807, 2.05) is 37.3 Å². The first-order valence-electron chi connectivity index (χ1n) is 6.22. The van der Waals surface area contributed by atoms with Crippen LogP contribution in [-0.4, -0.2) is 29.3 Å². The van der Waals surface area contributed by atoms with Crippen LogP contribution in [0.1, 0.15) is 31.7 Å². The molecule has 0 fully saturated rings. The fraction of sp³-hybridized carbons (Fsp3) is 0.500. The van der Waals surface area contributed by atoms with Gasteiger partial charge in [-0.1, -0.05) is 30.3 Å². The third kappa shape index (κ3) is 4.47. The average Bonchev–Trinajstić information content (AvgIpc) is 2.38.